The van der Waals surface area contributed by atoms with Crippen molar-refractivity contribution in [3.05, 3.63) is 66.5 Å². The highest BCUT2D eigenvalue weighted by Gasteiger charge is 2.11. The molecule has 0 saturated heterocycles. The van der Waals surface area contributed by atoms with E-state index in [0.29, 0.717) is 10.8 Å². The van der Waals surface area contributed by atoms with Crippen LogP contribution in [0.15, 0.2) is 60.9 Å². The molecule has 0 fully saturated rings. The van der Waals surface area contributed by atoms with Crippen LogP contribution in [0.5, 0.6) is 0 Å². The van der Waals surface area contributed by atoms with Gasteiger partial charge in [-0.05, 0) is 35.9 Å². The van der Waals surface area contributed by atoms with Crippen molar-refractivity contribution in [3.63, 3.8) is 0 Å². The van der Waals surface area contributed by atoms with Gasteiger partial charge >= 0.3 is 0 Å². The van der Waals surface area contributed by atoms with Gasteiger partial charge in [-0.2, -0.15) is 5.10 Å². The molecule has 0 unspecified atom stereocenters. The Hall–Kier alpha value is -3.52. The van der Waals surface area contributed by atoms with Crippen molar-refractivity contribution in [3.8, 4) is 5.69 Å². The van der Waals surface area contributed by atoms with Gasteiger partial charge in [0.2, 0.25) is 11.8 Å². The molecule has 0 atom stereocenters. The smallest absolute Gasteiger partial charge is 0.230 e. The first-order valence-electron chi connectivity index (χ1n) is 8.64. The van der Waals surface area contributed by atoms with E-state index in [4.69, 9.17) is 0 Å². The number of amides is 2. The SMILES string of the molecule is CC(=O)Nc1ccc2nc(NC(=O)Cc3cnn(-c4ccccc4)c3)sc2c1. The highest BCUT2D eigenvalue weighted by molar-refractivity contribution is 7.22. The maximum absolute atomic E-state index is 12.4. The van der Waals surface area contributed by atoms with E-state index in [-0.39, 0.29) is 18.2 Å². The Balaban J connectivity index is 1.44. The number of thiazole rings is 1. The number of benzene rings is 2. The van der Waals surface area contributed by atoms with E-state index >= 15 is 0 Å². The lowest BCUT2D eigenvalue weighted by Crippen LogP contribution is -2.13. The van der Waals surface area contributed by atoms with E-state index < -0.39 is 0 Å². The minimum atomic E-state index is -0.159. The Morgan fingerprint density at radius 2 is 1.93 bits per heavy atom. The molecule has 0 bridgehead atoms. The summed E-state index contributed by atoms with van der Waals surface area (Å²) in [6.07, 6.45) is 3.73. The molecule has 0 aliphatic carbocycles. The Morgan fingerprint density at radius 1 is 1.11 bits per heavy atom. The quantitative estimate of drug-likeness (QED) is 0.544. The van der Waals surface area contributed by atoms with Crippen LogP contribution in [0.1, 0.15) is 12.5 Å². The Kier molecular flexibility index (Phi) is 4.86. The summed E-state index contributed by atoms with van der Waals surface area (Å²) in [7, 11) is 0. The molecule has 0 radical (unpaired) electrons. The molecule has 2 heterocycles. The fraction of sp³-hybridized carbons (Fsp3) is 0.100. The minimum absolute atomic E-state index is 0.131. The lowest BCUT2D eigenvalue weighted by atomic mass is 10.2. The first kappa shape index (κ1) is 17.9. The molecule has 8 heteroatoms. The summed E-state index contributed by atoms with van der Waals surface area (Å²) in [4.78, 5) is 28.0. The van der Waals surface area contributed by atoms with Crippen molar-refractivity contribution < 1.29 is 9.59 Å². The molecule has 140 valence electrons. The van der Waals surface area contributed by atoms with Gasteiger partial charge in [-0.25, -0.2) is 9.67 Å². The number of hydrogen-bond acceptors (Lipinski definition) is 5. The van der Waals surface area contributed by atoms with Crippen LogP contribution in [-0.2, 0) is 16.0 Å². The molecule has 0 spiro atoms. The van der Waals surface area contributed by atoms with Crippen LogP contribution in [0, 0.1) is 0 Å². The lowest BCUT2D eigenvalue weighted by molar-refractivity contribution is -0.116. The summed E-state index contributed by atoms with van der Waals surface area (Å²) in [6, 6.07) is 15.2. The molecule has 0 saturated carbocycles. The zero-order valence-corrected chi connectivity index (χ0v) is 15.9. The van der Waals surface area contributed by atoms with E-state index in [2.05, 4.69) is 20.7 Å². The monoisotopic (exact) mass is 391 g/mol. The van der Waals surface area contributed by atoms with Crippen molar-refractivity contribution in [1.82, 2.24) is 14.8 Å². The Morgan fingerprint density at radius 3 is 2.71 bits per heavy atom. The fourth-order valence-corrected chi connectivity index (χ4v) is 3.70. The van der Waals surface area contributed by atoms with Gasteiger partial charge in [-0.3, -0.25) is 9.59 Å². The maximum Gasteiger partial charge on any atom is 0.230 e. The molecular formula is C20H17N5O2S. The van der Waals surface area contributed by atoms with Gasteiger partial charge in [-0.1, -0.05) is 29.5 Å². The average Bonchev–Trinajstić information content (AvgIpc) is 3.28. The van der Waals surface area contributed by atoms with E-state index in [1.54, 1.807) is 16.9 Å². The van der Waals surface area contributed by atoms with Crippen LogP contribution >= 0.6 is 11.3 Å². The first-order chi connectivity index (χ1) is 13.6. The molecule has 4 rings (SSSR count). The van der Waals surface area contributed by atoms with Crippen LogP contribution in [0.3, 0.4) is 0 Å². The third-order valence-corrected chi connectivity index (χ3v) is 4.91. The number of aromatic nitrogens is 3. The van der Waals surface area contributed by atoms with Gasteiger partial charge in [0.25, 0.3) is 0 Å². The summed E-state index contributed by atoms with van der Waals surface area (Å²) in [5.74, 6) is -0.290. The zero-order chi connectivity index (χ0) is 19.5. The lowest BCUT2D eigenvalue weighted by Gasteiger charge is -2.00. The maximum atomic E-state index is 12.4. The molecule has 0 aliphatic rings. The molecule has 2 aromatic carbocycles. The van der Waals surface area contributed by atoms with Gasteiger partial charge in [-0.15, -0.1) is 0 Å². The highest BCUT2D eigenvalue weighted by atomic mass is 32.1. The normalized spacial score (nSPS) is 10.8. The minimum Gasteiger partial charge on any atom is -0.326 e. The standard InChI is InChI=1S/C20H17N5O2S/c1-13(26)22-15-7-8-17-18(10-15)28-20(23-17)24-19(27)9-14-11-21-25(12-14)16-5-3-2-4-6-16/h2-8,10-12H,9H2,1H3,(H,22,26)(H,23,24,27). The van der Waals surface area contributed by atoms with E-state index in [9.17, 15) is 9.59 Å². The van der Waals surface area contributed by atoms with Crippen molar-refractivity contribution in [1.29, 1.82) is 0 Å². The van der Waals surface area contributed by atoms with Crippen LogP contribution in [0.4, 0.5) is 10.8 Å². The van der Waals surface area contributed by atoms with Crippen LogP contribution in [0.25, 0.3) is 15.9 Å². The van der Waals surface area contributed by atoms with Crippen molar-refractivity contribution in [2.75, 3.05) is 10.6 Å². The second-order valence-corrected chi connectivity index (χ2v) is 7.27. The van der Waals surface area contributed by atoms with E-state index in [0.717, 1.165) is 21.5 Å². The number of nitrogens with one attached hydrogen (secondary N) is 2. The Labute approximate surface area is 165 Å². The number of carbonyl (C=O) groups is 2. The zero-order valence-electron chi connectivity index (χ0n) is 15.0. The molecule has 2 amide bonds. The van der Waals surface area contributed by atoms with Crippen molar-refractivity contribution in [2.45, 2.75) is 13.3 Å². The first-order valence-corrected chi connectivity index (χ1v) is 9.45. The van der Waals surface area contributed by atoms with Crippen LogP contribution in [-0.4, -0.2) is 26.6 Å². The summed E-state index contributed by atoms with van der Waals surface area (Å²) < 4.78 is 2.63. The van der Waals surface area contributed by atoms with E-state index in [1.807, 2.05) is 48.7 Å². The van der Waals surface area contributed by atoms with E-state index in [1.165, 1.54) is 18.3 Å². The number of hydrogen-bond donors (Lipinski definition) is 2. The summed E-state index contributed by atoms with van der Waals surface area (Å²) in [6.45, 7) is 1.46. The molecule has 0 aliphatic heterocycles. The molecule has 2 N–H and O–H groups in total. The highest BCUT2D eigenvalue weighted by Crippen LogP contribution is 2.28. The summed E-state index contributed by atoms with van der Waals surface area (Å²) in [5.41, 5.74) is 3.23. The molecular weight excluding hydrogens is 374 g/mol. The third kappa shape index (κ3) is 4.07. The fourth-order valence-electron chi connectivity index (χ4n) is 2.78. The number of rotatable bonds is 5. The summed E-state index contributed by atoms with van der Waals surface area (Å²) in [5, 5.41) is 10.4. The van der Waals surface area contributed by atoms with Gasteiger partial charge in [0.15, 0.2) is 5.13 Å². The average molecular weight is 391 g/mol. The molecule has 2 aromatic heterocycles. The second-order valence-electron chi connectivity index (χ2n) is 6.24. The van der Waals surface area contributed by atoms with Gasteiger partial charge in [0, 0.05) is 18.8 Å². The second kappa shape index (κ2) is 7.61. The number of carbonyl (C=O) groups excluding carboxylic acids is 2. The molecule has 4 aromatic rings. The van der Waals surface area contributed by atoms with Crippen molar-refractivity contribution in [2.24, 2.45) is 0 Å². The molecule has 28 heavy (non-hydrogen) atoms. The summed E-state index contributed by atoms with van der Waals surface area (Å²) >= 11 is 1.36. The predicted molar refractivity (Wildman–Crippen MR) is 110 cm³/mol. The van der Waals surface area contributed by atoms with Gasteiger partial charge in [0.1, 0.15) is 0 Å². The third-order valence-electron chi connectivity index (χ3n) is 3.98. The van der Waals surface area contributed by atoms with Crippen molar-refractivity contribution >= 4 is 44.2 Å². The number of nitrogens with zero attached hydrogens (tertiary/aromatic N) is 3. The number of anilines is 2. The van der Waals surface area contributed by atoms with Crippen LogP contribution < -0.4 is 10.6 Å². The predicted octanol–water partition coefficient (Wildman–Crippen LogP) is 3.62. The Bertz CT molecular complexity index is 1150. The van der Waals surface area contributed by atoms with Crippen LogP contribution in [0.2, 0.25) is 0 Å². The topological polar surface area (TPSA) is 88.9 Å². The van der Waals surface area contributed by atoms with Gasteiger partial charge < -0.3 is 10.6 Å². The largest absolute Gasteiger partial charge is 0.326 e. The number of fused-ring (bicyclic) bond motifs is 1. The van der Waals surface area contributed by atoms with Gasteiger partial charge in [0.05, 0.1) is 28.5 Å². The number of para-hydroxylation sites is 1. The molecule has 7 nitrogen and oxygen atoms in total.